The molecule has 0 aromatic carbocycles. The van der Waals surface area contributed by atoms with Gasteiger partial charge in [-0.3, -0.25) is 4.98 Å². The molecule has 100 valence electrons. The van der Waals surface area contributed by atoms with Gasteiger partial charge in [0.25, 0.3) is 0 Å². The Labute approximate surface area is 108 Å². The van der Waals surface area contributed by atoms with E-state index < -0.39 is 0 Å². The summed E-state index contributed by atoms with van der Waals surface area (Å²) in [7, 11) is 1.93. The smallest absolute Gasteiger partial charge is 0.141 e. The molecule has 1 aromatic rings. The third-order valence-corrected chi connectivity index (χ3v) is 3.63. The van der Waals surface area contributed by atoms with Crippen molar-refractivity contribution in [2.75, 3.05) is 20.1 Å². The maximum Gasteiger partial charge on any atom is 0.141 e. The summed E-state index contributed by atoms with van der Waals surface area (Å²) in [4.78, 5) is 6.68. The molecule has 1 N–H and O–H groups in total. The largest absolute Gasteiger partial charge is 0.312 e. The van der Waals surface area contributed by atoms with Crippen LogP contribution in [-0.4, -0.2) is 36.1 Å². The Hall–Kier alpha value is -1.00. The summed E-state index contributed by atoms with van der Waals surface area (Å²) in [6.45, 7) is 4.40. The van der Waals surface area contributed by atoms with E-state index >= 15 is 0 Å². The summed E-state index contributed by atoms with van der Waals surface area (Å²) in [5.74, 6) is -0.276. The number of halogens is 1. The maximum atomic E-state index is 12.8. The van der Waals surface area contributed by atoms with Crippen LogP contribution in [0.5, 0.6) is 0 Å². The Morgan fingerprint density at radius 1 is 1.50 bits per heavy atom. The van der Waals surface area contributed by atoms with Crippen LogP contribution in [0.4, 0.5) is 4.39 Å². The Bertz CT molecular complexity index is 362. The van der Waals surface area contributed by atoms with Gasteiger partial charge in [0.2, 0.25) is 0 Å². The van der Waals surface area contributed by atoms with E-state index in [9.17, 15) is 4.39 Å². The summed E-state index contributed by atoms with van der Waals surface area (Å²) in [5, 5.41) is 3.26. The first-order valence-electron chi connectivity index (χ1n) is 6.77. The Morgan fingerprint density at radius 3 is 2.78 bits per heavy atom. The highest BCUT2D eigenvalue weighted by atomic mass is 19.1. The van der Waals surface area contributed by atoms with Crippen LogP contribution in [0.15, 0.2) is 18.3 Å². The van der Waals surface area contributed by atoms with Crippen LogP contribution in [0.2, 0.25) is 0 Å². The lowest BCUT2D eigenvalue weighted by atomic mass is 10.1. The summed E-state index contributed by atoms with van der Waals surface area (Å²) >= 11 is 0. The van der Waals surface area contributed by atoms with Gasteiger partial charge < -0.3 is 10.2 Å². The van der Waals surface area contributed by atoms with Crippen LogP contribution in [0.1, 0.15) is 37.9 Å². The van der Waals surface area contributed by atoms with Crippen molar-refractivity contribution >= 4 is 0 Å². The van der Waals surface area contributed by atoms with E-state index in [0.717, 1.165) is 31.2 Å². The second kappa shape index (κ2) is 6.25. The molecule has 1 atom stereocenters. The molecule has 0 bridgehead atoms. The minimum Gasteiger partial charge on any atom is -0.312 e. The van der Waals surface area contributed by atoms with Crippen LogP contribution >= 0.6 is 0 Å². The van der Waals surface area contributed by atoms with Gasteiger partial charge in [0, 0.05) is 12.6 Å². The van der Waals surface area contributed by atoms with E-state index in [2.05, 4.69) is 22.1 Å². The SMILES string of the molecule is CCN(CCC(NC)c1ccc(F)cn1)C1CC1. The number of pyridine rings is 1. The van der Waals surface area contributed by atoms with Crippen molar-refractivity contribution in [1.82, 2.24) is 15.2 Å². The molecule has 0 radical (unpaired) electrons. The second-order valence-electron chi connectivity index (χ2n) is 4.89. The van der Waals surface area contributed by atoms with Gasteiger partial charge in [0.15, 0.2) is 0 Å². The molecule has 2 rings (SSSR count). The molecule has 1 saturated carbocycles. The molecule has 1 unspecified atom stereocenters. The molecule has 1 aliphatic rings. The predicted molar refractivity (Wildman–Crippen MR) is 70.9 cm³/mol. The Morgan fingerprint density at radius 2 is 2.28 bits per heavy atom. The molecule has 1 heterocycles. The first-order chi connectivity index (χ1) is 8.74. The molecular weight excluding hydrogens is 229 g/mol. The van der Waals surface area contributed by atoms with Crippen molar-refractivity contribution in [3.05, 3.63) is 29.8 Å². The third kappa shape index (κ3) is 3.50. The van der Waals surface area contributed by atoms with Gasteiger partial charge in [0.05, 0.1) is 17.9 Å². The number of hydrogen-bond donors (Lipinski definition) is 1. The van der Waals surface area contributed by atoms with E-state index in [1.54, 1.807) is 6.07 Å². The van der Waals surface area contributed by atoms with Crippen LogP contribution in [0.3, 0.4) is 0 Å². The molecule has 0 amide bonds. The number of nitrogens with one attached hydrogen (secondary N) is 1. The van der Waals surface area contributed by atoms with Crippen LogP contribution in [0, 0.1) is 5.82 Å². The number of nitrogens with zero attached hydrogens (tertiary/aromatic N) is 2. The molecule has 4 heteroatoms. The lowest BCUT2D eigenvalue weighted by Crippen LogP contribution is -2.30. The van der Waals surface area contributed by atoms with Crippen molar-refractivity contribution in [2.45, 2.75) is 38.3 Å². The molecule has 0 aliphatic heterocycles. The molecular formula is C14H22FN3. The van der Waals surface area contributed by atoms with E-state index in [1.807, 2.05) is 7.05 Å². The van der Waals surface area contributed by atoms with Crippen molar-refractivity contribution in [2.24, 2.45) is 0 Å². The highest BCUT2D eigenvalue weighted by molar-refractivity contribution is 5.09. The molecule has 1 aliphatic carbocycles. The van der Waals surface area contributed by atoms with E-state index in [1.165, 1.54) is 25.1 Å². The fourth-order valence-electron chi connectivity index (χ4n) is 2.37. The zero-order chi connectivity index (χ0) is 13.0. The van der Waals surface area contributed by atoms with Crippen molar-refractivity contribution in [3.8, 4) is 0 Å². The first kappa shape index (κ1) is 13.4. The van der Waals surface area contributed by atoms with Gasteiger partial charge in [0.1, 0.15) is 5.82 Å². The normalized spacial score (nSPS) is 17.1. The molecule has 0 spiro atoms. The Balaban J connectivity index is 1.90. The van der Waals surface area contributed by atoms with Gasteiger partial charge in [-0.25, -0.2) is 4.39 Å². The summed E-state index contributed by atoms with van der Waals surface area (Å²) in [5.41, 5.74) is 0.922. The van der Waals surface area contributed by atoms with Crippen LogP contribution < -0.4 is 5.32 Å². The molecule has 3 nitrogen and oxygen atoms in total. The summed E-state index contributed by atoms with van der Waals surface area (Å²) in [6.07, 6.45) is 4.98. The van der Waals surface area contributed by atoms with E-state index in [4.69, 9.17) is 0 Å². The number of aromatic nitrogens is 1. The summed E-state index contributed by atoms with van der Waals surface area (Å²) < 4.78 is 12.8. The van der Waals surface area contributed by atoms with Crippen molar-refractivity contribution < 1.29 is 4.39 Å². The van der Waals surface area contributed by atoms with Gasteiger partial charge in [-0.1, -0.05) is 6.92 Å². The fraction of sp³-hybridized carbons (Fsp3) is 0.643. The van der Waals surface area contributed by atoms with E-state index in [-0.39, 0.29) is 11.9 Å². The fourth-order valence-corrected chi connectivity index (χ4v) is 2.37. The number of hydrogen-bond acceptors (Lipinski definition) is 3. The monoisotopic (exact) mass is 251 g/mol. The molecule has 1 aromatic heterocycles. The van der Waals surface area contributed by atoms with E-state index in [0.29, 0.717) is 0 Å². The third-order valence-electron chi connectivity index (χ3n) is 3.63. The predicted octanol–water partition coefficient (Wildman–Crippen LogP) is 2.36. The van der Waals surface area contributed by atoms with Gasteiger partial charge >= 0.3 is 0 Å². The van der Waals surface area contributed by atoms with Crippen molar-refractivity contribution in [3.63, 3.8) is 0 Å². The highest BCUT2D eigenvalue weighted by Crippen LogP contribution is 2.27. The number of rotatable bonds is 7. The Kier molecular flexibility index (Phi) is 4.66. The molecule has 18 heavy (non-hydrogen) atoms. The maximum absolute atomic E-state index is 12.8. The topological polar surface area (TPSA) is 28.2 Å². The standard InChI is InChI=1S/C14H22FN3/c1-3-18(12-5-6-12)9-8-13(16-2)14-7-4-11(15)10-17-14/h4,7,10,12-13,16H,3,5-6,8-9H2,1-2H3. The first-order valence-corrected chi connectivity index (χ1v) is 6.77. The van der Waals surface area contributed by atoms with Gasteiger partial charge in [-0.2, -0.15) is 0 Å². The summed E-state index contributed by atoms with van der Waals surface area (Å²) in [6, 6.07) is 4.25. The second-order valence-corrected chi connectivity index (χ2v) is 4.89. The van der Waals surface area contributed by atoms with Gasteiger partial charge in [-0.15, -0.1) is 0 Å². The average Bonchev–Trinajstić information content (AvgIpc) is 3.21. The van der Waals surface area contributed by atoms with Crippen LogP contribution in [0.25, 0.3) is 0 Å². The van der Waals surface area contributed by atoms with Crippen LogP contribution in [-0.2, 0) is 0 Å². The van der Waals surface area contributed by atoms with Crippen molar-refractivity contribution in [1.29, 1.82) is 0 Å². The van der Waals surface area contributed by atoms with Gasteiger partial charge in [-0.05, 0) is 45.0 Å². The quantitative estimate of drug-likeness (QED) is 0.806. The average molecular weight is 251 g/mol. The zero-order valence-corrected chi connectivity index (χ0v) is 11.2. The lowest BCUT2D eigenvalue weighted by Gasteiger charge is -2.23. The minimum atomic E-state index is -0.276. The highest BCUT2D eigenvalue weighted by Gasteiger charge is 2.27. The molecule has 1 fully saturated rings. The minimum absolute atomic E-state index is 0.207. The molecule has 0 saturated heterocycles. The zero-order valence-electron chi connectivity index (χ0n) is 11.2. The lowest BCUT2D eigenvalue weighted by molar-refractivity contribution is 0.260.